The summed E-state index contributed by atoms with van der Waals surface area (Å²) in [6, 6.07) is 11.9. The highest BCUT2D eigenvalue weighted by molar-refractivity contribution is 6.02. The lowest BCUT2D eigenvalue weighted by atomic mass is 10.2. The van der Waals surface area contributed by atoms with E-state index >= 15 is 0 Å². The molecule has 0 bridgehead atoms. The van der Waals surface area contributed by atoms with Crippen molar-refractivity contribution in [2.45, 2.75) is 0 Å². The Kier molecular flexibility index (Phi) is 5.04. The molecule has 0 aliphatic heterocycles. The van der Waals surface area contributed by atoms with Crippen LogP contribution in [-0.2, 0) is 0 Å². The van der Waals surface area contributed by atoms with E-state index in [4.69, 9.17) is 19.9 Å². The third-order valence-electron chi connectivity index (χ3n) is 4.75. The summed E-state index contributed by atoms with van der Waals surface area (Å²) >= 11 is 0. The largest absolute Gasteiger partial charge is 0.497 e. The van der Waals surface area contributed by atoms with Crippen molar-refractivity contribution in [3.05, 3.63) is 58.6 Å². The maximum absolute atomic E-state index is 12.9. The van der Waals surface area contributed by atoms with Crippen LogP contribution in [0.2, 0.25) is 0 Å². The third kappa shape index (κ3) is 3.44. The van der Waals surface area contributed by atoms with Crippen molar-refractivity contribution in [2.24, 2.45) is 5.73 Å². The number of methoxy groups -OCH3 is 3. The van der Waals surface area contributed by atoms with Crippen molar-refractivity contribution in [1.82, 2.24) is 19.5 Å². The van der Waals surface area contributed by atoms with Gasteiger partial charge in [0.1, 0.15) is 22.8 Å². The van der Waals surface area contributed by atoms with E-state index in [9.17, 15) is 9.59 Å². The fourth-order valence-electron chi connectivity index (χ4n) is 3.23. The summed E-state index contributed by atoms with van der Waals surface area (Å²) in [6.45, 7) is 0. The number of imidazole rings is 1. The first-order chi connectivity index (χ1) is 15.0. The Bertz CT molecular complexity index is 1340. The number of benzene rings is 2. The summed E-state index contributed by atoms with van der Waals surface area (Å²) in [5.41, 5.74) is 6.26. The second-order valence-corrected chi connectivity index (χ2v) is 6.49. The lowest BCUT2D eigenvalue weighted by Gasteiger charge is -2.11. The van der Waals surface area contributed by atoms with E-state index in [2.05, 4.69) is 15.0 Å². The molecule has 0 radical (unpaired) electrons. The van der Waals surface area contributed by atoms with Crippen LogP contribution in [0.15, 0.2) is 47.3 Å². The van der Waals surface area contributed by atoms with Crippen molar-refractivity contribution in [3.63, 3.8) is 0 Å². The zero-order valence-corrected chi connectivity index (χ0v) is 17.0. The first kappa shape index (κ1) is 20.0. The lowest BCUT2D eigenvalue weighted by molar-refractivity contribution is 0.0997. The molecule has 158 valence electrons. The Morgan fingerprint density at radius 2 is 1.65 bits per heavy atom. The van der Waals surface area contributed by atoms with Gasteiger partial charge in [0.2, 0.25) is 0 Å². The van der Waals surface area contributed by atoms with Gasteiger partial charge in [-0.05, 0) is 36.4 Å². The molecule has 0 atom stereocenters. The van der Waals surface area contributed by atoms with Crippen LogP contribution in [0.5, 0.6) is 17.2 Å². The molecule has 0 aliphatic rings. The number of primary amides is 1. The molecule has 0 saturated carbocycles. The SMILES string of the molecule is COc1ccc(-c2nc(C(N)=O)c3[nH]c(=O)n(-c4ccc(OC)cc4OC)c3n2)cc1. The number of rotatable bonds is 6. The van der Waals surface area contributed by atoms with Gasteiger partial charge in [-0.3, -0.25) is 4.79 Å². The van der Waals surface area contributed by atoms with Crippen molar-refractivity contribution < 1.29 is 19.0 Å². The van der Waals surface area contributed by atoms with Gasteiger partial charge in [0, 0.05) is 11.6 Å². The number of amides is 1. The van der Waals surface area contributed by atoms with Gasteiger partial charge >= 0.3 is 5.69 Å². The van der Waals surface area contributed by atoms with Crippen LogP contribution in [0.1, 0.15) is 10.5 Å². The molecular formula is C21H19N5O5. The minimum Gasteiger partial charge on any atom is -0.497 e. The Hall–Kier alpha value is -4.34. The van der Waals surface area contributed by atoms with E-state index in [1.165, 1.54) is 18.8 Å². The smallest absolute Gasteiger partial charge is 0.332 e. The number of nitrogens with zero attached hydrogens (tertiary/aromatic N) is 3. The molecule has 10 heteroatoms. The van der Waals surface area contributed by atoms with E-state index in [0.717, 1.165) is 0 Å². The zero-order chi connectivity index (χ0) is 22.1. The number of fused-ring (bicyclic) bond motifs is 1. The first-order valence-corrected chi connectivity index (χ1v) is 9.16. The number of carbonyl (C=O) groups excluding carboxylic acids is 1. The number of aromatic nitrogens is 4. The highest BCUT2D eigenvalue weighted by atomic mass is 16.5. The normalized spacial score (nSPS) is 10.8. The van der Waals surface area contributed by atoms with Crippen LogP contribution >= 0.6 is 0 Å². The number of nitrogens with one attached hydrogen (secondary N) is 1. The summed E-state index contributed by atoms with van der Waals surface area (Å²) in [6.07, 6.45) is 0. The molecule has 0 fully saturated rings. The molecule has 0 unspecified atom stereocenters. The zero-order valence-electron chi connectivity index (χ0n) is 17.0. The van der Waals surface area contributed by atoms with Gasteiger partial charge < -0.3 is 24.9 Å². The highest BCUT2D eigenvalue weighted by Gasteiger charge is 2.22. The van der Waals surface area contributed by atoms with Crippen molar-refractivity contribution in [2.75, 3.05) is 21.3 Å². The molecular weight excluding hydrogens is 402 g/mol. The minimum atomic E-state index is -0.794. The minimum absolute atomic E-state index is 0.0980. The maximum Gasteiger partial charge on any atom is 0.332 e. The van der Waals surface area contributed by atoms with Crippen LogP contribution in [0, 0.1) is 0 Å². The predicted molar refractivity (Wildman–Crippen MR) is 113 cm³/mol. The monoisotopic (exact) mass is 421 g/mol. The molecule has 4 rings (SSSR count). The molecule has 0 aliphatic carbocycles. The average molecular weight is 421 g/mol. The number of nitrogens with two attached hydrogens (primary N) is 1. The molecule has 2 aromatic heterocycles. The number of aromatic amines is 1. The topological polar surface area (TPSA) is 134 Å². The maximum atomic E-state index is 12.9. The van der Waals surface area contributed by atoms with Gasteiger partial charge in [0.25, 0.3) is 5.91 Å². The Morgan fingerprint density at radius 1 is 0.968 bits per heavy atom. The lowest BCUT2D eigenvalue weighted by Crippen LogP contribution is -2.16. The first-order valence-electron chi connectivity index (χ1n) is 9.16. The molecule has 3 N–H and O–H groups in total. The Balaban J connectivity index is 2.01. The van der Waals surface area contributed by atoms with Crippen molar-refractivity contribution in [1.29, 1.82) is 0 Å². The molecule has 31 heavy (non-hydrogen) atoms. The van der Waals surface area contributed by atoms with Crippen LogP contribution in [0.25, 0.3) is 28.2 Å². The van der Waals surface area contributed by atoms with Gasteiger partial charge in [0.05, 0.1) is 27.0 Å². The van der Waals surface area contributed by atoms with E-state index < -0.39 is 11.6 Å². The fraction of sp³-hybridized carbons (Fsp3) is 0.143. The van der Waals surface area contributed by atoms with E-state index in [-0.39, 0.29) is 22.7 Å². The van der Waals surface area contributed by atoms with Gasteiger partial charge in [-0.1, -0.05) is 0 Å². The van der Waals surface area contributed by atoms with Crippen LogP contribution in [0.4, 0.5) is 0 Å². The molecule has 0 spiro atoms. The third-order valence-corrected chi connectivity index (χ3v) is 4.75. The van der Waals surface area contributed by atoms with E-state index in [1.54, 1.807) is 49.6 Å². The fourth-order valence-corrected chi connectivity index (χ4v) is 3.23. The standard InChI is InChI=1S/C21H19N5O5/c1-29-12-6-4-11(5-7-12)19-23-16(18(22)27)17-20(25-19)26(21(28)24-17)14-9-8-13(30-2)10-15(14)31-3/h4-10H,1-3H3,(H2,22,27)(H,24,28). The van der Waals surface area contributed by atoms with Gasteiger partial charge in [-0.15, -0.1) is 0 Å². The Labute approximate surface area is 176 Å². The summed E-state index contributed by atoms with van der Waals surface area (Å²) in [7, 11) is 4.56. The predicted octanol–water partition coefficient (Wildman–Crippen LogP) is 1.90. The number of hydrogen-bond donors (Lipinski definition) is 2. The summed E-state index contributed by atoms with van der Waals surface area (Å²) in [5, 5.41) is 0. The molecule has 0 saturated heterocycles. The molecule has 2 heterocycles. The number of ether oxygens (including phenoxy) is 3. The highest BCUT2D eigenvalue weighted by Crippen LogP contribution is 2.30. The molecule has 10 nitrogen and oxygen atoms in total. The van der Waals surface area contributed by atoms with Crippen LogP contribution in [0.3, 0.4) is 0 Å². The van der Waals surface area contributed by atoms with Crippen molar-refractivity contribution >= 4 is 17.1 Å². The average Bonchev–Trinajstić information content (AvgIpc) is 3.13. The summed E-state index contributed by atoms with van der Waals surface area (Å²) in [4.78, 5) is 36.4. The molecule has 2 aromatic carbocycles. The van der Waals surface area contributed by atoms with Gasteiger partial charge in [-0.25, -0.2) is 19.3 Å². The second-order valence-electron chi connectivity index (χ2n) is 6.49. The second kappa shape index (κ2) is 7.82. The van der Waals surface area contributed by atoms with Crippen LogP contribution in [-0.4, -0.2) is 46.8 Å². The molecule has 4 aromatic rings. The number of H-pyrrole nitrogens is 1. The quantitative estimate of drug-likeness (QED) is 0.485. The number of carbonyl (C=O) groups is 1. The number of hydrogen-bond acceptors (Lipinski definition) is 7. The van der Waals surface area contributed by atoms with Crippen molar-refractivity contribution in [3.8, 4) is 34.3 Å². The van der Waals surface area contributed by atoms with E-state index in [0.29, 0.717) is 28.5 Å². The summed E-state index contributed by atoms with van der Waals surface area (Å²) < 4.78 is 17.1. The molecule has 1 amide bonds. The van der Waals surface area contributed by atoms with E-state index in [1.807, 2.05) is 0 Å². The summed E-state index contributed by atoms with van der Waals surface area (Å²) in [5.74, 6) is 1.02. The van der Waals surface area contributed by atoms with Gasteiger partial charge in [0.15, 0.2) is 17.2 Å². The van der Waals surface area contributed by atoms with Crippen LogP contribution < -0.4 is 25.6 Å². The Morgan fingerprint density at radius 3 is 2.26 bits per heavy atom. The van der Waals surface area contributed by atoms with Gasteiger partial charge in [-0.2, -0.15) is 0 Å².